The Morgan fingerprint density at radius 3 is 1.96 bits per heavy atom. The molecule has 6 aromatic rings. The Bertz CT molecular complexity index is 1980. The maximum Gasteiger partial charge on any atom is 0.134 e. The Labute approximate surface area is 263 Å². The molecule has 0 bridgehead atoms. The molecule has 1 aliphatic heterocycles. The molecule has 0 saturated heterocycles. The third-order valence-electron chi connectivity index (χ3n) is 8.22. The highest BCUT2D eigenvalue weighted by atomic mass is 16.5. The Kier molecular flexibility index (Phi) is 8.04. The molecule has 0 aliphatic carbocycles. The normalized spacial score (nSPS) is 15.9. The van der Waals surface area contributed by atoms with Gasteiger partial charge in [-0.05, 0) is 39.6 Å². The minimum absolute atomic E-state index is 0.0435. The number of hydrogen-bond donors (Lipinski definition) is 3. The molecular weight excluding hydrogens is 552 g/mol. The topological polar surface area (TPSA) is 85.7 Å². The van der Waals surface area contributed by atoms with Crippen molar-refractivity contribution in [2.75, 3.05) is 0 Å². The fraction of sp³-hybridized carbons (Fsp3) is 0.0750. The first-order chi connectivity index (χ1) is 22.1. The molecule has 7 rings (SSSR count). The SMILES string of the molecule is NC(OC(N)c1cccc2ccccc12)c1ccc(C2=CC(c3ccccc3)NC(c3ccccc3)=N2)cc1-c1ccccc1. The van der Waals surface area contributed by atoms with Crippen molar-refractivity contribution in [2.45, 2.75) is 18.5 Å². The molecule has 0 radical (unpaired) electrons. The van der Waals surface area contributed by atoms with E-state index in [1.165, 1.54) is 0 Å². The molecule has 45 heavy (non-hydrogen) atoms. The maximum absolute atomic E-state index is 6.79. The van der Waals surface area contributed by atoms with E-state index in [2.05, 4.69) is 90.3 Å². The molecule has 0 aromatic heterocycles. The van der Waals surface area contributed by atoms with Crippen LogP contribution in [-0.2, 0) is 4.74 Å². The minimum atomic E-state index is -0.759. The lowest BCUT2D eigenvalue weighted by atomic mass is 9.94. The lowest BCUT2D eigenvalue weighted by Crippen LogP contribution is -2.31. The zero-order chi connectivity index (χ0) is 30.6. The summed E-state index contributed by atoms with van der Waals surface area (Å²) >= 11 is 0. The van der Waals surface area contributed by atoms with E-state index in [1.807, 2.05) is 72.8 Å². The molecule has 0 fully saturated rings. The predicted molar refractivity (Wildman–Crippen MR) is 184 cm³/mol. The first-order valence-corrected chi connectivity index (χ1v) is 15.2. The maximum atomic E-state index is 6.79. The lowest BCUT2D eigenvalue weighted by molar-refractivity contribution is -0.00724. The second kappa shape index (κ2) is 12.7. The molecule has 0 saturated carbocycles. The van der Waals surface area contributed by atoms with Gasteiger partial charge in [-0.2, -0.15) is 0 Å². The van der Waals surface area contributed by atoms with E-state index in [4.69, 9.17) is 21.2 Å². The van der Waals surface area contributed by atoms with E-state index in [1.54, 1.807) is 0 Å². The highest BCUT2D eigenvalue weighted by Gasteiger charge is 2.23. The van der Waals surface area contributed by atoms with Gasteiger partial charge in [-0.3, -0.25) is 0 Å². The highest BCUT2D eigenvalue weighted by Crippen LogP contribution is 2.35. The zero-order valence-electron chi connectivity index (χ0n) is 24.8. The molecular formula is C40H34N4O. The van der Waals surface area contributed by atoms with Crippen molar-refractivity contribution in [3.05, 3.63) is 186 Å². The summed E-state index contributed by atoms with van der Waals surface area (Å²) in [7, 11) is 0. The molecule has 5 N–H and O–H groups in total. The molecule has 5 nitrogen and oxygen atoms in total. The zero-order valence-corrected chi connectivity index (χ0v) is 24.8. The average molecular weight is 587 g/mol. The molecule has 5 heteroatoms. The summed E-state index contributed by atoms with van der Waals surface area (Å²) in [5.74, 6) is 0.827. The largest absolute Gasteiger partial charge is 0.359 e. The van der Waals surface area contributed by atoms with E-state index in [0.717, 1.165) is 61.2 Å². The van der Waals surface area contributed by atoms with Gasteiger partial charge in [0.25, 0.3) is 0 Å². The number of aliphatic imine (C=N–C) groups is 1. The Hall–Kier alpha value is -5.33. The van der Waals surface area contributed by atoms with Crippen molar-refractivity contribution in [3.63, 3.8) is 0 Å². The lowest BCUT2D eigenvalue weighted by Gasteiger charge is -2.26. The highest BCUT2D eigenvalue weighted by molar-refractivity contribution is 6.03. The van der Waals surface area contributed by atoms with E-state index in [0.29, 0.717) is 0 Å². The van der Waals surface area contributed by atoms with Crippen LogP contribution < -0.4 is 16.8 Å². The molecule has 1 heterocycles. The van der Waals surface area contributed by atoms with Crippen molar-refractivity contribution in [1.29, 1.82) is 0 Å². The van der Waals surface area contributed by atoms with E-state index in [9.17, 15) is 0 Å². The Morgan fingerprint density at radius 2 is 1.20 bits per heavy atom. The average Bonchev–Trinajstić information content (AvgIpc) is 3.12. The summed E-state index contributed by atoms with van der Waals surface area (Å²) in [6, 6.07) is 51.3. The van der Waals surface area contributed by atoms with Crippen molar-refractivity contribution >= 4 is 22.3 Å². The van der Waals surface area contributed by atoms with Gasteiger partial charge in [0.2, 0.25) is 0 Å². The summed E-state index contributed by atoms with van der Waals surface area (Å²) in [5.41, 5.74) is 21.2. The smallest absolute Gasteiger partial charge is 0.134 e. The number of ether oxygens (including phenoxy) is 1. The van der Waals surface area contributed by atoms with E-state index < -0.39 is 12.5 Å². The predicted octanol–water partition coefficient (Wildman–Crippen LogP) is 8.27. The number of nitrogens with one attached hydrogen (secondary N) is 1. The molecule has 6 aromatic carbocycles. The van der Waals surface area contributed by atoms with Gasteiger partial charge in [0.1, 0.15) is 18.3 Å². The van der Waals surface area contributed by atoms with E-state index >= 15 is 0 Å². The van der Waals surface area contributed by atoms with Crippen LogP contribution >= 0.6 is 0 Å². The molecule has 220 valence electrons. The van der Waals surface area contributed by atoms with Crippen LogP contribution in [0.3, 0.4) is 0 Å². The number of fused-ring (bicyclic) bond motifs is 1. The Balaban J connectivity index is 1.28. The van der Waals surface area contributed by atoms with Crippen molar-refractivity contribution in [2.24, 2.45) is 16.5 Å². The first-order valence-electron chi connectivity index (χ1n) is 15.2. The van der Waals surface area contributed by atoms with Crippen LogP contribution in [0, 0.1) is 0 Å². The first kappa shape index (κ1) is 28.4. The van der Waals surface area contributed by atoms with Crippen LogP contribution in [0.2, 0.25) is 0 Å². The number of nitrogens with zero attached hydrogens (tertiary/aromatic N) is 1. The summed E-state index contributed by atoms with van der Waals surface area (Å²) in [6.45, 7) is 0. The molecule has 3 unspecified atom stereocenters. The van der Waals surface area contributed by atoms with Crippen LogP contribution in [-0.4, -0.2) is 5.84 Å². The monoisotopic (exact) mass is 586 g/mol. The van der Waals surface area contributed by atoms with Crippen LogP contribution in [0.5, 0.6) is 0 Å². The number of rotatable bonds is 8. The van der Waals surface area contributed by atoms with Gasteiger partial charge in [0.05, 0.1) is 11.7 Å². The summed E-state index contributed by atoms with van der Waals surface area (Å²) in [4.78, 5) is 5.11. The van der Waals surface area contributed by atoms with Gasteiger partial charge >= 0.3 is 0 Å². The van der Waals surface area contributed by atoms with Gasteiger partial charge in [-0.1, -0.05) is 146 Å². The second-order valence-corrected chi connectivity index (χ2v) is 11.1. The number of nitrogens with two attached hydrogens (primary N) is 2. The summed E-state index contributed by atoms with van der Waals surface area (Å²) in [6.07, 6.45) is 0.718. The fourth-order valence-corrected chi connectivity index (χ4v) is 5.92. The van der Waals surface area contributed by atoms with Gasteiger partial charge < -0.3 is 21.5 Å². The second-order valence-electron chi connectivity index (χ2n) is 11.1. The number of amidine groups is 1. The Morgan fingerprint density at radius 1 is 0.578 bits per heavy atom. The van der Waals surface area contributed by atoms with Crippen LogP contribution in [0.1, 0.15) is 46.3 Å². The summed E-state index contributed by atoms with van der Waals surface area (Å²) < 4.78 is 6.33. The van der Waals surface area contributed by atoms with Gasteiger partial charge in [0.15, 0.2) is 0 Å². The number of hydrogen-bond acceptors (Lipinski definition) is 5. The van der Waals surface area contributed by atoms with Gasteiger partial charge in [-0.15, -0.1) is 0 Å². The summed E-state index contributed by atoms with van der Waals surface area (Å²) in [5, 5.41) is 5.79. The van der Waals surface area contributed by atoms with Crippen molar-refractivity contribution in [1.82, 2.24) is 5.32 Å². The van der Waals surface area contributed by atoms with E-state index in [-0.39, 0.29) is 6.04 Å². The molecule has 1 aliphatic rings. The van der Waals surface area contributed by atoms with Crippen molar-refractivity contribution < 1.29 is 4.74 Å². The minimum Gasteiger partial charge on any atom is -0.359 e. The molecule has 0 amide bonds. The van der Waals surface area contributed by atoms with Gasteiger partial charge in [0, 0.05) is 22.3 Å². The van der Waals surface area contributed by atoms with Crippen LogP contribution in [0.15, 0.2) is 163 Å². The molecule has 0 spiro atoms. The molecule has 3 atom stereocenters. The van der Waals surface area contributed by atoms with Crippen LogP contribution in [0.4, 0.5) is 0 Å². The van der Waals surface area contributed by atoms with Crippen LogP contribution in [0.25, 0.3) is 27.6 Å². The third-order valence-corrected chi connectivity index (χ3v) is 8.22. The third kappa shape index (κ3) is 6.06. The standard InChI is InChI=1S/C40H34N4O/c41-38(33-22-12-20-27-15-10-11-21-32(27)33)45-39(42)34-24-23-31(25-35(34)28-13-4-1-5-14-28)37-26-36(29-16-6-2-7-17-29)43-40(44-37)30-18-8-3-9-19-30/h1-26,36,38-39H,41-42H2,(H,43,44). The fourth-order valence-electron chi connectivity index (χ4n) is 5.92. The van der Waals surface area contributed by atoms with Crippen molar-refractivity contribution in [3.8, 4) is 11.1 Å². The number of benzene rings is 6. The quantitative estimate of drug-likeness (QED) is 0.157. The van der Waals surface area contributed by atoms with Gasteiger partial charge in [-0.25, -0.2) is 4.99 Å².